The predicted molar refractivity (Wildman–Crippen MR) is 103 cm³/mol. The van der Waals surface area contributed by atoms with Crippen molar-refractivity contribution in [3.63, 3.8) is 0 Å². The Hall–Kier alpha value is -2.63. The Morgan fingerprint density at radius 1 is 1.18 bits per heavy atom. The number of aromatic nitrogens is 2. The van der Waals surface area contributed by atoms with Crippen LogP contribution in [0, 0.1) is 24.7 Å². The summed E-state index contributed by atoms with van der Waals surface area (Å²) in [4.78, 5) is 18.0. The number of nitrogens with zero attached hydrogens (tertiary/aromatic N) is 2. The molecule has 0 unspecified atom stereocenters. The van der Waals surface area contributed by atoms with Gasteiger partial charge in [-0.2, -0.15) is 0 Å². The Bertz CT molecular complexity index is 1030. The Labute approximate surface area is 162 Å². The van der Waals surface area contributed by atoms with Gasteiger partial charge >= 0.3 is 0 Å². The van der Waals surface area contributed by atoms with Crippen molar-refractivity contribution in [3.05, 3.63) is 35.7 Å². The number of carbonyl (C=O) groups excluding carboxylic acids is 1. The molecule has 7 rings (SSSR count). The molecule has 0 radical (unpaired) electrons. The van der Waals surface area contributed by atoms with Gasteiger partial charge in [-0.25, -0.2) is 4.98 Å². The normalized spacial score (nSPS) is 30.8. The molecule has 3 aromatic heterocycles. The summed E-state index contributed by atoms with van der Waals surface area (Å²) in [6, 6.07) is 5.45. The van der Waals surface area contributed by atoms with Crippen LogP contribution in [0.3, 0.4) is 0 Å². The molecule has 6 nitrogen and oxygen atoms in total. The number of furan rings is 1. The van der Waals surface area contributed by atoms with E-state index in [2.05, 4.69) is 15.5 Å². The predicted octanol–water partition coefficient (Wildman–Crippen LogP) is 4.49. The van der Waals surface area contributed by atoms with Crippen molar-refractivity contribution < 1.29 is 13.7 Å². The summed E-state index contributed by atoms with van der Waals surface area (Å²) in [7, 11) is 0. The summed E-state index contributed by atoms with van der Waals surface area (Å²) in [6.07, 6.45) is 9.00. The van der Waals surface area contributed by atoms with Gasteiger partial charge in [0.2, 0.25) is 0 Å². The topological polar surface area (TPSA) is 81.2 Å². The van der Waals surface area contributed by atoms with Gasteiger partial charge in [0.05, 0.1) is 22.9 Å². The molecule has 1 amide bonds. The highest BCUT2D eigenvalue weighted by atomic mass is 16.5. The molecule has 3 aromatic rings. The van der Waals surface area contributed by atoms with Gasteiger partial charge in [0.15, 0.2) is 5.76 Å². The van der Waals surface area contributed by atoms with Crippen molar-refractivity contribution in [1.29, 1.82) is 0 Å². The van der Waals surface area contributed by atoms with E-state index in [1.165, 1.54) is 19.3 Å². The van der Waals surface area contributed by atoms with Crippen molar-refractivity contribution >= 4 is 17.0 Å². The zero-order valence-electron chi connectivity index (χ0n) is 15.9. The molecule has 0 atom stereocenters. The Morgan fingerprint density at radius 3 is 2.54 bits per heavy atom. The molecule has 144 valence electrons. The van der Waals surface area contributed by atoms with Gasteiger partial charge in [0.25, 0.3) is 11.6 Å². The maximum absolute atomic E-state index is 13.5. The first kappa shape index (κ1) is 16.3. The number of fused-ring (bicyclic) bond motifs is 1. The average molecular weight is 377 g/mol. The van der Waals surface area contributed by atoms with E-state index in [4.69, 9.17) is 8.94 Å². The van der Waals surface area contributed by atoms with Gasteiger partial charge in [0.1, 0.15) is 5.69 Å². The van der Waals surface area contributed by atoms with Crippen LogP contribution in [-0.4, -0.2) is 21.6 Å². The summed E-state index contributed by atoms with van der Waals surface area (Å²) in [5, 5.41) is 8.19. The van der Waals surface area contributed by atoms with Gasteiger partial charge < -0.3 is 14.3 Å². The van der Waals surface area contributed by atoms with Crippen LogP contribution >= 0.6 is 0 Å². The molecule has 4 fully saturated rings. The minimum atomic E-state index is -0.0477. The van der Waals surface area contributed by atoms with Crippen molar-refractivity contribution in [3.8, 4) is 11.5 Å². The molecule has 0 saturated heterocycles. The van der Waals surface area contributed by atoms with Crippen LogP contribution in [0.15, 0.2) is 33.4 Å². The quantitative estimate of drug-likeness (QED) is 0.727. The van der Waals surface area contributed by atoms with E-state index in [-0.39, 0.29) is 11.4 Å². The molecule has 4 bridgehead atoms. The maximum Gasteiger partial charge on any atom is 0.259 e. The molecule has 4 aliphatic carbocycles. The van der Waals surface area contributed by atoms with Crippen LogP contribution in [0.1, 0.15) is 54.6 Å². The van der Waals surface area contributed by atoms with Crippen molar-refractivity contribution in [2.45, 2.75) is 51.0 Å². The third-order valence-electron chi connectivity index (χ3n) is 7.05. The van der Waals surface area contributed by atoms with E-state index in [0.29, 0.717) is 33.8 Å². The standard InChI is InChI=1S/C22H23N3O3/c1-12-19-16(8-17(18-3-2-4-27-18)23-21(19)28-25-12)20(26)24-22-9-13-5-14(10-22)7-15(6-13)11-22/h2-4,8,13-15H,5-7,9-11H2,1H3,(H,24,26). The van der Waals surface area contributed by atoms with E-state index in [1.807, 2.05) is 19.1 Å². The molecule has 0 aromatic carbocycles. The second-order valence-electron chi connectivity index (χ2n) is 9.13. The number of aryl methyl sites for hydroxylation is 1. The summed E-state index contributed by atoms with van der Waals surface area (Å²) in [5.74, 6) is 2.90. The maximum atomic E-state index is 13.5. The molecule has 0 aliphatic heterocycles. The van der Waals surface area contributed by atoms with Crippen molar-refractivity contribution in [2.24, 2.45) is 17.8 Å². The number of nitrogens with one attached hydrogen (secondary N) is 1. The highest BCUT2D eigenvalue weighted by Crippen LogP contribution is 2.55. The summed E-state index contributed by atoms with van der Waals surface area (Å²) in [6.45, 7) is 1.85. The second kappa shape index (κ2) is 5.69. The smallest absolute Gasteiger partial charge is 0.259 e. The van der Waals surface area contributed by atoms with Crippen LogP contribution in [0.4, 0.5) is 0 Å². The van der Waals surface area contributed by atoms with Crippen LogP contribution in [-0.2, 0) is 0 Å². The summed E-state index contributed by atoms with van der Waals surface area (Å²) < 4.78 is 10.9. The molecule has 4 aliphatic rings. The van der Waals surface area contributed by atoms with E-state index in [1.54, 1.807) is 12.3 Å². The van der Waals surface area contributed by atoms with Gasteiger partial charge in [-0.15, -0.1) is 0 Å². The third-order valence-corrected chi connectivity index (χ3v) is 7.05. The molecular formula is C22H23N3O3. The number of carbonyl (C=O) groups is 1. The minimum absolute atomic E-state index is 0.0443. The first-order valence-electron chi connectivity index (χ1n) is 10.2. The van der Waals surface area contributed by atoms with Crippen LogP contribution in [0.25, 0.3) is 22.6 Å². The fraction of sp³-hybridized carbons (Fsp3) is 0.500. The van der Waals surface area contributed by atoms with Crippen LogP contribution in [0.5, 0.6) is 0 Å². The van der Waals surface area contributed by atoms with Gasteiger partial charge in [-0.05, 0) is 81.4 Å². The fourth-order valence-corrected chi connectivity index (χ4v) is 6.40. The lowest BCUT2D eigenvalue weighted by Gasteiger charge is -2.56. The van der Waals surface area contributed by atoms with E-state index in [0.717, 1.165) is 37.0 Å². The van der Waals surface area contributed by atoms with Gasteiger partial charge in [-0.3, -0.25) is 4.79 Å². The first-order chi connectivity index (χ1) is 13.6. The third kappa shape index (κ3) is 2.43. The molecular weight excluding hydrogens is 354 g/mol. The molecule has 28 heavy (non-hydrogen) atoms. The van der Waals surface area contributed by atoms with E-state index >= 15 is 0 Å². The fourth-order valence-electron chi connectivity index (χ4n) is 6.40. The summed E-state index contributed by atoms with van der Waals surface area (Å²) >= 11 is 0. The first-order valence-corrected chi connectivity index (χ1v) is 10.2. The van der Waals surface area contributed by atoms with E-state index < -0.39 is 0 Å². The Morgan fingerprint density at radius 2 is 1.89 bits per heavy atom. The Balaban J connectivity index is 1.40. The molecule has 6 heteroatoms. The zero-order valence-corrected chi connectivity index (χ0v) is 15.9. The highest BCUT2D eigenvalue weighted by molar-refractivity contribution is 6.07. The van der Waals surface area contributed by atoms with Crippen molar-refractivity contribution in [2.75, 3.05) is 0 Å². The lowest BCUT2D eigenvalue weighted by Crippen LogP contribution is -2.59. The Kier molecular flexibility index (Phi) is 3.32. The lowest BCUT2D eigenvalue weighted by atomic mass is 9.53. The monoisotopic (exact) mass is 377 g/mol. The molecule has 0 spiro atoms. The number of pyridine rings is 1. The molecule has 3 heterocycles. The SMILES string of the molecule is Cc1noc2nc(-c3ccco3)cc(C(=O)NC34CC5CC(CC(C5)C3)C4)c12. The van der Waals surface area contributed by atoms with Crippen LogP contribution < -0.4 is 5.32 Å². The lowest BCUT2D eigenvalue weighted by molar-refractivity contribution is -0.0166. The van der Waals surface area contributed by atoms with Gasteiger partial charge in [-0.1, -0.05) is 5.16 Å². The molecule has 4 saturated carbocycles. The molecule has 1 N–H and O–H groups in total. The van der Waals surface area contributed by atoms with Crippen molar-refractivity contribution in [1.82, 2.24) is 15.5 Å². The zero-order chi connectivity index (χ0) is 18.9. The van der Waals surface area contributed by atoms with Gasteiger partial charge in [0, 0.05) is 5.54 Å². The second-order valence-corrected chi connectivity index (χ2v) is 9.13. The van der Waals surface area contributed by atoms with Crippen LogP contribution in [0.2, 0.25) is 0 Å². The number of rotatable bonds is 3. The largest absolute Gasteiger partial charge is 0.463 e. The minimum Gasteiger partial charge on any atom is -0.463 e. The number of amides is 1. The average Bonchev–Trinajstić information content (AvgIpc) is 3.30. The van der Waals surface area contributed by atoms with E-state index in [9.17, 15) is 4.79 Å². The highest BCUT2D eigenvalue weighted by Gasteiger charge is 2.51. The summed E-state index contributed by atoms with van der Waals surface area (Å²) in [5.41, 5.74) is 2.18. The number of hydrogen-bond donors (Lipinski definition) is 1. The number of hydrogen-bond acceptors (Lipinski definition) is 5.